The summed E-state index contributed by atoms with van der Waals surface area (Å²) in [6.07, 6.45) is 4.30. The van der Waals surface area contributed by atoms with Gasteiger partial charge in [0, 0.05) is 67.4 Å². The number of nitrogens with one attached hydrogen (secondary N) is 2. The first-order valence-corrected chi connectivity index (χ1v) is 23.6. The zero-order valence-electron chi connectivity index (χ0n) is 34.8. The molecule has 14 nitrogen and oxygen atoms in total. The quantitative estimate of drug-likeness (QED) is 0.279. The normalized spacial score (nSPS) is 27.0. The van der Waals surface area contributed by atoms with Gasteiger partial charge in [-0.1, -0.05) is 31.1 Å². The van der Waals surface area contributed by atoms with Gasteiger partial charge in [-0.25, -0.2) is 13.4 Å². The van der Waals surface area contributed by atoms with Crippen molar-refractivity contribution < 1.29 is 50.2 Å². The summed E-state index contributed by atoms with van der Waals surface area (Å²) in [5.74, 6) is -4.09. The number of ether oxygens (including phenoxy) is 2. The van der Waals surface area contributed by atoms with Crippen LogP contribution in [0.15, 0.2) is 54.7 Å². The highest BCUT2D eigenvalue weighted by molar-refractivity contribution is 7.91. The number of fused-ring (bicyclic) bond motifs is 5. The first kappa shape index (κ1) is 43.0. The summed E-state index contributed by atoms with van der Waals surface area (Å²) >= 11 is 0. The molecule has 4 amide bonds. The minimum absolute atomic E-state index is 0.00143. The lowest BCUT2D eigenvalue weighted by Gasteiger charge is -2.34. The third-order valence-electron chi connectivity index (χ3n) is 13.5. The van der Waals surface area contributed by atoms with E-state index < -0.39 is 80.5 Å². The van der Waals surface area contributed by atoms with Gasteiger partial charge in [0.15, 0.2) is 0 Å². The first-order valence-electron chi connectivity index (χ1n) is 22.1. The Bertz CT molecular complexity index is 2420. The highest BCUT2D eigenvalue weighted by Gasteiger charge is 2.62. The SMILES string of the molecule is O=C1N[C@]2(C(=O)NS(=O)(=O)C3CC3)CC2C=CCCCCC[C@H](CC(=O)N2CCC(C(F)(F)F)CC2)C(=O)N2C[C@H](Oc3cc(-c4ccccn4)nc4c5c(ccc34)OCC5)C[C@@H]12. The largest absolute Gasteiger partial charge is 0.493 e. The Hall–Kier alpha value is -5.26. The zero-order valence-corrected chi connectivity index (χ0v) is 35.6. The van der Waals surface area contributed by atoms with E-state index in [-0.39, 0.29) is 51.7 Å². The number of carbonyl (C=O) groups is 4. The van der Waals surface area contributed by atoms with E-state index in [9.17, 15) is 40.8 Å². The molecule has 3 aromatic rings. The molecule has 5 atom stereocenters. The maximum atomic E-state index is 14.9. The molecule has 6 heterocycles. The molecule has 63 heavy (non-hydrogen) atoms. The van der Waals surface area contributed by atoms with E-state index in [2.05, 4.69) is 15.0 Å². The molecule has 4 fully saturated rings. The molecule has 2 saturated heterocycles. The lowest BCUT2D eigenvalue weighted by Crippen LogP contribution is -2.57. The zero-order chi connectivity index (χ0) is 44.1. The summed E-state index contributed by atoms with van der Waals surface area (Å²) in [5, 5.41) is 2.91. The van der Waals surface area contributed by atoms with Crippen LogP contribution in [0.1, 0.15) is 82.6 Å². The van der Waals surface area contributed by atoms with Gasteiger partial charge in [0.25, 0.3) is 5.91 Å². The van der Waals surface area contributed by atoms with Gasteiger partial charge in [0.05, 0.1) is 41.2 Å². The van der Waals surface area contributed by atoms with Crippen molar-refractivity contribution in [3.63, 3.8) is 0 Å². The van der Waals surface area contributed by atoms with Gasteiger partial charge >= 0.3 is 6.18 Å². The summed E-state index contributed by atoms with van der Waals surface area (Å²) in [5.41, 5.74) is 1.16. The number of hydrogen-bond acceptors (Lipinski definition) is 10. The number of likely N-dealkylation sites (tertiary alicyclic amines) is 1. The van der Waals surface area contributed by atoms with Gasteiger partial charge in [-0.05, 0) is 75.6 Å². The third kappa shape index (κ3) is 8.96. The number of alkyl halides is 3. The van der Waals surface area contributed by atoms with E-state index in [0.29, 0.717) is 79.6 Å². The second-order valence-electron chi connectivity index (χ2n) is 17.9. The summed E-state index contributed by atoms with van der Waals surface area (Å²) in [6, 6.07) is 9.78. The molecule has 6 aliphatic rings. The Balaban J connectivity index is 1.03. The van der Waals surface area contributed by atoms with Crippen LogP contribution in [-0.2, 0) is 35.6 Å². The number of hydrogen-bond donors (Lipinski definition) is 2. The minimum Gasteiger partial charge on any atom is -0.493 e. The fourth-order valence-electron chi connectivity index (χ4n) is 9.64. The average molecular weight is 893 g/mol. The van der Waals surface area contributed by atoms with E-state index in [4.69, 9.17) is 14.5 Å². The van der Waals surface area contributed by atoms with Gasteiger partial charge in [0.1, 0.15) is 29.2 Å². The van der Waals surface area contributed by atoms with Crippen molar-refractivity contribution in [2.75, 3.05) is 26.2 Å². The molecule has 0 radical (unpaired) electrons. The fourth-order valence-corrected chi connectivity index (χ4v) is 11.0. The van der Waals surface area contributed by atoms with Gasteiger partial charge < -0.3 is 24.6 Å². The second kappa shape index (κ2) is 17.0. The van der Waals surface area contributed by atoms with Crippen LogP contribution < -0.4 is 19.5 Å². The maximum Gasteiger partial charge on any atom is 0.391 e. The van der Waals surface area contributed by atoms with Crippen LogP contribution in [0.3, 0.4) is 0 Å². The van der Waals surface area contributed by atoms with Gasteiger partial charge in [-0.2, -0.15) is 13.2 Å². The Morgan fingerprint density at radius 2 is 1.83 bits per heavy atom. The Morgan fingerprint density at radius 1 is 1.02 bits per heavy atom. The highest BCUT2D eigenvalue weighted by Crippen LogP contribution is 2.47. The molecule has 2 aliphatic carbocycles. The van der Waals surface area contributed by atoms with Crippen LogP contribution in [-0.4, -0.2) is 107 Å². The van der Waals surface area contributed by atoms with E-state index in [1.165, 1.54) is 9.80 Å². The third-order valence-corrected chi connectivity index (χ3v) is 15.3. The predicted octanol–water partition coefficient (Wildman–Crippen LogP) is 5.39. The molecule has 18 heteroatoms. The molecule has 336 valence electrons. The van der Waals surface area contributed by atoms with Gasteiger partial charge in [-0.3, -0.25) is 28.9 Å². The number of sulfonamides is 1. The monoisotopic (exact) mass is 892 g/mol. The summed E-state index contributed by atoms with van der Waals surface area (Å²) < 4.78 is 81.3. The van der Waals surface area contributed by atoms with E-state index >= 15 is 0 Å². The summed E-state index contributed by atoms with van der Waals surface area (Å²) in [7, 11) is -3.95. The van der Waals surface area contributed by atoms with E-state index in [1.54, 1.807) is 18.3 Å². The smallest absolute Gasteiger partial charge is 0.391 e. The minimum atomic E-state index is -4.35. The average Bonchev–Trinajstić information content (AvgIpc) is 4.14. The van der Waals surface area contributed by atoms with Crippen molar-refractivity contribution in [3.8, 4) is 22.9 Å². The molecule has 0 bridgehead atoms. The molecule has 0 spiro atoms. The van der Waals surface area contributed by atoms with Gasteiger partial charge in [-0.15, -0.1) is 0 Å². The highest BCUT2D eigenvalue weighted by atomic mass is 32.2. The molecule has 9 rings (SSSR count). The van der Waals surface area contributed by atoms with Crippen molar-refractivity contribution in [2.24, 2.45) is 17.8 Å². The maximum absolute atomic E-state index is 14.9. The predicted molar refractivity (Wildman–Crippen MR) is 223 cm³/mol. The first-order chi connectivity index (χ1) is 30.2. The molecule has 1 unspecified atom stereocenters. The lowest BCUT2D eigenvalue weighted by molar-refractivity contribution is -0.186. The van der Waals surface area contributed by atoms with E-state index in [0.717, 1.165) is 17.7 Å². The van der Waals surface area contributed by atoms with Crippen molar-refractivity contribution in [1.29, 1.82) is 0 Å². The van der Waals surface area contributed by atoms with Crippen LogP contribution in [0.4, 0.5) is 13.2 Å². The number of allylic oxidation sites excluding steroid dienone is 1. The lowest BCUT2D eigenvalue weighted by atomic mass is 9.92. The Labute approximate surface area is 363 Å². The number of aromatic nitrogens is 2. The number of halogens is 3. The van der Waals surface area contributed by atoms with Crippen molar-refractivity contribution in [3.05, 3.63) is 60.3 Å². The number of nitrogens with zero attached hydrogens (tertiary/aromatic N) is 4. The standard InChI is InChI=1S/C45H51F3N6O8S/c46-45(47,48)28-15-19-53(20-16-28)39(55)22-27-8-4-2-1-3-5-9-29-25-44(29,43(58)52-63(59,60)31-11-12-31)51-41(56)36-23-30(26-54(36)42(27)57)62-38-24-35(34-10-6-7-18-49-34)50-40-32(38)13-14-37-33(40)17-21-61-37/h5-7,9-10,13-14,18,24,27-31,36H,1-4,8,11-12,15-17,19-23,25-26H2,(H,51,56)(H,52,58)/t27-,29?,30-,36+,44-/m1/s1. The number of carbonyl (C=O) groups excluding carboxylic acids is 4. The van der Waals surface area contributed by atoms with Crippen LogP contribution in [0.2, 0.25) is 0 Å². The van der Waals surface area contributed by atoms with Crippen molar-refractivity contribution in [1.82, 2.24) is 29.8 Å². The molecule has 2 saturated carbocycles. The van der Waals surface area contributed by atoms with Crippen LogP contribution >= 0.6 is 0 Å². The van der Waals surface area contributed by atoms with Crippen molar-refractivity contribution >= 4 is 44.6 Å². The Morgan fingerprint density at radius 3 is 2.57 bits per heavy atom. The number of rotatable bonds is 8. The number of pyridine rings is 2. The molecule has 1 aromatic carbocycles. The van der Waals surface area contributed by atoms with Crippen LogP contribution in [0, 0.1) is 17.8 Å². The molecule has 4 aliphatic heterocycles. The molecule has 2 aromatic heterocycles. The second-order valence-corrected chi connectivity index (χ2v) is 19.8. The number of piperidine rings is 1. The molecular weight excluding hydrogens is 842 g/mol. The Kier molecular flexibility index (Phi) is 11.6. The summed E-state index contributed by atoms with van der Waals surface area (Å²) in [4.78, 5) is 69.6. The van der Waals surface area contributed by atoms with E-state index in [1.807, 2.05) is 36.4 Å². The number of amides is 4. The number of benzene rings is 1. The van der Waals surface area contributed by atoms with Crippen LogP contribution in [0.5, 0.6) is 11.5 Å². The summed E-state index contributed by atoms with van der Waals surface area (Å²) in [6.45, 7) is 0.291. The van der Waals surface area contributed by atoms with Gasteiger partial charge in [0.2, 0.25) is 27.7 Å². The molecular formula is C45H51F3N6O8S. The van der Waals surface area contributed by atoms with Crippen LogP contribution in [0.25, 0.3) is 22.3 Å². The fraction of sp³-hybridized carbons (Fsp3) is 0.556. The molecule has 2 N–H and O–H groups in total. The topological polar surface area (TPSA) is 177 Å². The van der Waals surface area contributed by atoms with Crippen molar-refractivity contribution in [2.45, 2.75) is 113 Å².